The smallest absolute Gasteiger partial charge is 0.307 e. The molecule has 0 radical (unpaired) electrons. The van der Waals surface area contributed by atoms with Crippen LogP contribution in [0.1, 0.15) is 51.4 Å². The van der Waals surface area contributed by atoms with Gasteiger partial charge in [0, 0.05) is 13.1 Å². The van der Waals surface area contributed by atoms with E-state index in [1.807, 2.05) is 4.90 Å². The van der Waals surface area contributed by atoms with Gasteiger partial charge in [0.2, 0.25) is 5.91 Å². The minimum absolute atomic E-state index is 0.101. The van der Waals surface area contributed by atoms with Crippen molar-refractivity contribution in [2.45, 2.75) is 51.4 Å². The number of amides is 1. The zero-order chi connectivity index (χ0) is 13.0. The monoisotopic (exact) mass is 253 g/mol. The van der Waals surface area contributed by atoms with E-state index in [9.17, 15) is 14.7 Å². The van der Waals surface area contributed by atoms with Gasteiger partial charge in [-0.1, -0.05) is 25.7 Å². The van der Waals surface area contributed by atoms with Gasteiger partial charge in [-0.3, -0.25) is 9.59 Å². The highest BCUT2D eigenvalue weighted by atomic mass is 16.4. The third-order valence-electron chi connectivity index (χ3n) is 4.32. The molecular weight excluding hydrogens is 230 g/mol. The van der Waals surface area contributed by atoms with Crippen LogP contribution in [0.4, 0.5) is 0 Å². The summed E-state index contributed by atoms with van der Waals surface area (Å²) < 4.78 is 0. The molecule has 0 spiro atoms. The Morgan fingerprint density at radius 2 is 1.39 bits per heavy atom. The first-order valence-corrected chi connectivity index (χ1v) is 7.22. The number of carbonyl (C=O) groups excluding carboxylic acids is 1. The van der Waals surface area contributed by atoms with Gasteiger partial charge in [-0.25, -0.2) is 0 Å². The standard InChI is InChI=1S/C14H23NO3/c16-13(15-9-5-1-2-6-10-15)11-7-3-4-8-12(11)14(17)18/h11-12H,1-10H2,(H,17,18). The minimum atomic E-state index is -0.789. The van der Waals surface area contributed by atoms with E-state index in [1.165, 1.54) is 12.8 Å². The van der Waals surface area contributed by atoms with E-state index >= 15 is 0 Å². The Kier molecular flexibility index (Phi) is 4.61. The lowest BCUT2D eigenvalue weighted by molar-refractivity contribution is -0.152. The van der Waals surface area contributed by atoms with E-state index < -0.39 is 11.9 Å². The Morgan fingerprint density at radius 1 is 0.833 bits per heavy atom. The molecule has 2 fully saturated rings. The molecule has 1 N–H and O–H groups in total. The van der Waals surface area contributed by atoms with Gasteiger partial charge >= 0.3 is 5.97 Å². The lowest BCUT2D eigenvalue weighted by Crippen LogP contribution is -2.42. The molecule has 1 heterocycles. The molecule has 18 heavy (non-hydrogen) atoms. The van der Waals surface area contributed by atoms with Crippen molar-refractivity contribution in [1.82, 2.24) is 4.90 Å². The zero-order valence-corrected chi connectivity index (χ0v) is 10.9. The SMILES string of the molecule is O=C(O)C1CCCCC1C(=O)N1CCCCCC1. The Hall–Kier alpha value is -1.06. The van der Waals surface area contributed by atoms with E-state index in [0.29, 0.717) is 6.42 Å². The maximum absolute atomic E-state index is 12.5. The molecule has 1 saturated carbocycles. The van der Waals surface area contributed by atoms with Gasteiger partial charge in [-0.05, 0) is 25.7 Å². The van der Waals surface area contributed by atoms with Crippen LogP contribution in [0.3, 0.4) is 0 Å². The van der Waals surface area contributed by atoms with Crippen LogP contribution < -0.4 is 0 Å². The molecular formula is C14H23NO3. The van der Waals surface area contributed by atoms with Crippen molar-refractivity contribution in [1.29, 1.82) is 0 Å². The summed E-state index contributed by atoms with van der Waals surface area (Å²) in [4.78, 5) is 25.6. The molecule has 1 saturated heterocycles. The van der Waals surface area contributed by atoms with Crippen molar-refractivity contribution in [2.75, 3.05) is 13.1 Å². The van der Waals surface area contributed by atoms with Gasteiger partial charge in [0.1, 0.15) is 0 Å². The fraction of sp³-hybridized carbons (Fsp3) is 0.857. The first-order chi connectivity index (χ1) is 8.70. The van der Waals surface area contributed by atoms with Crippen LogP contribution in [0.5, 0.6) is 0 Å². The van der Waals surface area contributed by atoms with E-state index in [2.05, 4.69) is 0 Å². The Bertz CT molecular complexity index is 308. The Balaban J connectivity index is 2.02. The lowest BCUT2D eigenvalue weighted by atomic mass is 9.78. The summed E-state index contributed by atoms with van der Waals surface area (Å²) >= 11 is 0. The van der Waals surface area contributed by atoms with Gasteiger partial charge in [0.25, 0.3) is 0 Å². The Labute approximate surface area is 108 Å². The molecule has 0 aromatic carbocycles. The molecule has 2 atom stereocenters. The zero-order valence-electron chi connectivity index (χ0n) is 10.9. The average Bonchev–Trinajstić information content (AvgIpc) is 2.66. The number of carbonyl (C=O) groups is 2. The number of rotatable bonds is 2. The summed E-state index contributed by atoms with van der Waals surface area (Å²) in [5, 5.41) is 9.24. The number of likely N-dealkylation sites (tertiary alicyclic amines) is 1. The highest BCUT2D eigenvalue weighted by molar-refractivity contribution is 5.85. The van der Waals surface area contributed by atoms with Crippen LogP contribution in [-0.4, -0.2) is 35.0 Å². The summed E-state index contributed by atoms with van der Waals surface area (Å²) in [6.45, 7) is 1.64. The van der Waals surface area contributed by atoms with Crippen LogP contribution in [0.15, 0.2) is 0 Å². The lowest BCUT2D eigenvalue weighted by Gasteiger charge is -2.32. The maximum Gasteiger partial charge on any atom is 0.307 e. The molecule has 0 bridgehead atoms. The number of hydrogen-bond acceptors (Lipinski definition) is 2. The summed E-state index contributed by atoms with van der Waals surface area (Å²) in [6, 6.07) is 0. The molecule has 1 aliphatic heterocycles. The average molecular weight is 253 g/mol. The minimum Gasteiger partial charge on any atom is -0.481 e. The predicted octanol–water partition coefficient (Wildman–Crippen LogP) is 2.28. The van der Waals surface area contributed by atoms with E-state index in [0.717, 1.165) is 45.2 Å². The van der Waals surface area contributed by atoms with Crippen molar-refractivity contribution in [3.63, 3.8) is 0 Å². The van der Waals surface area contributed by atoms with Crippen molar-refractivity contribution in [3.8, 4) is 0 Å². The molecule has 4 heteroatoms. The number of carboxylic acid groups (broad SMARTS) is 1. The summed E-state index contributed by atoms with van der Waals surface area (Å²) in [7, 11) is 0. The van der Waals surface area contributed by atoms with Gasteiger partial charge < -0.3 is 10.0 Å². The van der Waals surface area contributed by atoms with Gasteiger partial charge in [0.05, 0.1) is 11.8 Å². The first kappa shape index (κ1) is 13.4. The number of nitrogens with zero attached hydrogens (tertiary/aromatic N) is 1. The topological polar surface area (TPSA) is 57.6 Å². The molecule has 2 aliphatic rings. The summed E-state index contributed by atoms with van der Waals surface area (Å²) in [6.07, 6.45) is 7.88. The van der Waals surface area contributed by atoms with E-state index in [4.69, 9.17) is 0 Å². The van der Waals surface area contributed by atoms with Crippen LogP contribution in [0.25, 0.3) is 0 Å². The van der Waals surface area contributed by atoms with Crippen molar-refractivity contribution >= 4 is 11.9 Å². The molecule has 0 aromatic heterocycles. The van der Waals surface area contributed by atoms with Crippen LogP contribution in [-0.2, 0) is 9.59 Å². The molecule has 2 unspecified atom stereocenters. The molecule has 4 nitrogen and oxygen atoms in total. The van der Waals surface area contributed by atoms with E-state index in [1.54, 1.807) is 0 Å². The number of carboxylic acids is 1. The van der Waals surface area contributed by atoms with Gasteiger partial charge in [-0.2, -0.15) is 0 Å². The van der Waals surface area contributed by atoms with Crippen LogP contribution >= 0.6 is 0 Å². The van der Waals surface area contributed by atoms with Crippen molar-refractivity contribution in [2.24, 2.45) is 11.8 Å². The highest BCUT2D eigenvalue weighted by Crippen LogP contribution is 2.32. The Morgan fingerprint density at radius 3 is 1.94 bits per heavy atom. The summed E-state index contributed by atoms with van der Waals surface area (Å²) in [5.41, 5.74) is 0. The molecule has 1 aliphatic carbocycles. The maximum atomic E-state index is 12.5. The largest absolute Gasteiger partial charge is 0.481 e. The fourth-order valence-electron chi connectivity index (χ4n) is 3.25. The van der Waals surface area contributed by atoms with E-state index in [-0.39, 0.29) is 11.8 Å². The fourth-order valence-corrected chi connectivity index (χ4v) is 3.25. The molecule has 2 rings (SSSR count). The van der Waals surface area contributed by atoms with Crippen LogP contribution in [0.2, 0.25) is 0 Å². The second-order valence-corrected chi connectivity index (χ2v) is 5.58. The normalized spacial score (nSPS) is 29.7. The highest BCUT2D eigenvalue weighted by Gasteiger charge is 2.37. The van der Waals surface area contributed by atoms with Gasteiger partial charge in [-0.15, -0.1) is 0 Å². The van der Waals surface area contributed by atoms with Crippen molar-refractivity contribution < 1.29 is 14.7 Å². The third kappa shape index (κ3) is 3.03. The number of aliphatic carboxylic acids is 1. The molecule has 1 amide bonds. The second-order valence-electron chi connectivity index (χ2n) is 5.58. The van der Waals surface area contributed by atoms with Crippen molar-refractivity contribution in [3.05, 3.63) is 0 Å². The molecule has 0 aromatic rings. The van der Waals surface area contributed by atoms with Gasteiger partial charge in [0.15, 0.2) is 0 Å². The molecule has 102 valence electrons. The summed E-state index contributed by atoms with van der Waals surface area (Å²) in [5.74, 6) is -1.41. The number of hydrogen-bond donors (Lipinski definition) is 1. The first-order valence-electron chi connectivity index (χ1n) is 7.22. The third-order valence-corrected chi connectivity index (χ3v) is 4.32. The second kappa shape index (κ2) is 6.21. The quantitative estimate of drug-likeness (QED) is 0.821. The predicted molar refractivity (Wildman–Crippen MR) is 68.1 cm³/mol. The van der Waals surface area contributed by atoms with Crippen LogP contribution in [0, 0.1) is 11.8 Å².